The third-order valence-corrected chi connectivity index (χ3v) is 14.7. The van der Waals surface area contributed by atoms with Gasteiger partial charge in [0.15, 0.2) is 12.3 Å². The number of unbranched alkanes of at least 4 members (excludes halogenated alkanes) is 9. The maximum atomic E-state index is 12.9. The predicted molar refractivity (Wildman–Crippen MR) is 274 cm³/mol. The summed E-state index contributed by atoms with van der Waals surface area (Å²) >= 11 is 0. The van der Waals surface area contributed by atoms with Crippen LogP contribution in [0.2, 0.25) is 0 Å². The quantitative estimate of drug-likeness (QED) is 0.0134. The number of carbonyl (C=O) groups is 2. The molecule has 0 radical (unpaired) electrons. The topological polar surface area (TPSA) is 278 Å². The van der Waals surface area contributed by atoms with Crippen LogP contribution in [-0.4, -0.2) is 97.9 Å². The molecule has 0 amide bonds. The second-order valence-electron chi connectivity index (χ2n) is 18.3. The molecular formula is C51H83N3O16P2. The predicted octanol–water partition coefficient (Wildman–Crippen LogP) is 9.57. The molecular weight excluding hydrogens is 973 g/mol. The van der Waals surface area contributed by atoms with Gasteiger partial charge in [0.05, 0.1) is 25.4 Å². The van der Waals surface area contributed by atoms with Crippen molar-refractivity contribution in [3.63, 3.8) is 0 Å². The Kier molecular flexibility index (Phi) is 31.0. The first-order valence-corrected chi connectivity index (χ1v) is 28.8. The number of carbonyl (C=O) groups excluding carboxylic acids is 2. The van der Waals surface area contributed by atoms with Crippen LogP contribution in [0.4, 0.5) is 5.82 Å². The van der Waals surface area contributed by atoms with Crippen LogP contribution in [0.5, 0.6) is 0 Å². The van der Waals surface area contributed by atoms with Gasteiger partial charge < -0.3 is 44.7 Å². The second kappa shape index (κ2) is 35.6. The Hall–Kier alpha value is -3.58. The zero-order valence-electron chi connectivity index (χ0n) is 42.6. The first-order valence-electron chi connectivity index (χ1n) is 25.8. The van der Waals surface area contributed by atoms with Crippen molar-refractivity contribution in [2.24, 2.45) is 5.92 Å². The maximum Gasteiger partial charge on any atom is 0.481 e. The van der Waals surface area contributed by atoms with Crippen LogP contribution in [0.15, 0.2) is 77.8 Å². The van der Waals surface area contributed by atoms with Crippen LogP contribution in [0, 0.1) is 5.92 Å². The lowest BCUT2D eigenvalue weighted by Crippen LogP contribution is -2.36. The molecule has 5 unspecified atom stereocenters. The summed E-state index contributed by atoms with van der Waals surface area (Å²) in [7, 11) is -10.9. The molecule has 0 bridgehead atoms. The standard InChI is InChI=1S/C51H83N3O16P2/c1-4-6-25-31-42-43(68-42)32-27-22-18-14-9-7-8-10-16-20-24-29-34-47(56)67-41(37-64-46(55)33-28-23-19-15-12-11-13-17-21-26-30-40(3)5-2)38-65-71(60,61)70-72(62,63)66-39-44-48(57)49(58)50(69-44)54-36-35-45(52)53-51(54)59/h6,8-10,14,20,22,24-25,27,35-36,40-44,48-50,57-58H,4-5,7,11-13,15-19,21,23,26,28-34,37-39H2,1-3H3,(H,60,61)(H,62,63)(H2,52,53,59)/b10-8-,14-9-,24-20-,25-6-,27-22-/t40?,41-,42?,43?,44-,48-,49-,50-/m1/s1. The molecule has 21 heteroatoms. The number of phosphoric acid groups is 2. The zero-order valence-corrected chi connectivity index (χ0v) is 44.4. The minimum Gasteiger partial charge on any atom is -0.462 e. The lowest BCUT2D eigenvalue weighted by Gasteiger charge is -2.21. The molecule has 2 aliphatic heterocycles. The number of aliphatic hydroxyl groups excluding tert-OH is 2. The van der Waals surface area contributed by atoms with Crippen LogP contribution >= 0.6 is 15.6 Å². The first kappa shape index (κ1) is 62.7. The van der Waals surface area contributed by atoms with E-state index in [0.29, 0.717) is 31.5 Å². The Morgan fingerprint density at radius 2 is 1.31 bits per heavy atom. The Balaban J connectivity index is 1.41. The van der Waals surface area contributed by atoms with E-state index < -0.39 is 83.7 Å². The molecule has 0 aliphatic carbocycles. The third-order valence-electron chi connectivity index (χ3n) is 12.1. The number of ether oxygens (including phenoxy) is 4. The molecule has 2 aliphatic rings. The summed E-state index contributed by atoms with van der Waals surface area (Å²) < 4.78 is 62.4. The number of nitrogens with zero attached hydrogens (tertiary/aromatic N) is 2. The summed E-state index contributed by atoms with van der Waals surface area (Å²) in [5.74, 6) is -0.605. The molecule has 0 aromatic carbocycles. The lowest BCUT2D eigenvalue weighted by atomic mass is 9.99. The van der Waals surface area contributed by atoms with Gasteiger partial charge in [0, 0.05) is 19.0 Å². The Morgan fingerprint density at radius 3 is 1.92 bits per heavy atom. The number of hydrogen-bond donors (Lipinski definition) is 5. The van der Waals surface area contributed by atoms with Gasteiger partial charge in [0.25, 0.3) is 0 Å². The molecule has 6 N–H and O–H groups in total. The molecule has 2 saturated heterocycles. The van der Waals surface area contributed by atoms with E-state index in [4.69, 9.17) is 33.7 Å². The molecule has 19 nitrogen and oxygen atoms in total. The van der Waals surface area contributed by atoms with Crippen molar-refractivity contribution in [3.8, 4) is 0 Å². The average Bonchev–Trinajstić information content (AvgIpc) is 4.03. The number of phosphoric ester groups is 2. The van der Waals surface area contributed by atoms with Gasteiger partial charge in [-0.2, -0.15) is 9.29 Å². The van der Waals surface area contributed by atoms with Crippen molar-refractivity contribution >= 4 is 33.4 Å². The fourth-order valence-electron chi connectivity index (χ4n) is 7.59. The molecule has 3 rings (SSSR count). The highest BCUT2D eigenvalue weighted by molar-refractivity contribution is 7.61. The van der Waals surface area contributed by atoms with E-state index in [1.54, 1.807) is 0 Å². The van der Waals surface area contributed by atoms with Crippen LogP contribution in [0.25, 0.3) is 0 Å². The number of nitrogen functional groups attached to an aromatic ring is 1. The Labute approximate surface area is 426 Å². The summed E-state index contributed by atoms with van der Waals surface area (Å²) in [4.78, 5) is 61.9. The monoisotopic (exact) mass is 1060 g/mol. The number of epoxide rings is 1. The van der Waals surface area contributed by atoms with Crippen LogP contribution < -0.4 is 11.4 Å². The fourth-order valence-corrected chi connectivity index (χ4v) is 9.70. The number of aliphatic hydroxyl groups is 2. The first-order chi connectivity index (χ1) is 34.5. The van der Waals surface area contributed by atoms with E-state index in [1.165, 1.54) is 51.0 Å². The highest BCUT2D eigenvalue weighted by atomic mass is 31.3. The maximum absolute atomic E-state index is 12.9. The van der Waals surface area contributed by atoms with Crippen molar-refractivity contribution in [2.45, 2.75) is 198 Å². The second-order valence-corrected chi connectivity index (χ2v) is 21.3. The molecule has 0 saturated carbocycles. The molecule has 1 aromatic heterocycles. The van der Waals surface area contributed by atoms with Crippen LogP contribution in [-0.2, 0) is 51.0 Å². The van der Waals surface area contributed by atoms with E-state index in [9.17, 15) is 43.5 Å². The number of esters is 2. The van der Waals surface area contributed by atoms with E-state index in [-0.39, 0.29) is 18.7 Å². The SMILES string of the molecule is CC/C=C\CC1OC1C/C=C\C/C=C\C/C=C\C/C=C\CCC(=O)O[C@H](COC(=O)CCCCCCCCCCCCC(C)CC)COP(=O)(O)OP(=O)(O)OC[C@H]1O[C@@H](n2ccc(N)nc2=O)[C@H](O)[C@@H]1O. The van der Waals surface area contributed by atoms with Crippen molar-refractivity contribution in [2.75, 3.05) is 25.6 Å². The Bertz CT molecular complexity index is 2030. The van der Waals surface area contributed by atoms with Crippen LogP contribution in [0.1, 0.15) is 162 Å². The van der Waals surface area contributed by atoms with Crippen molar-refractivity contribution < 1.29 is 71.0 Å². The number of hydrogen-bond acceptors (Lipinski definition) is 16. The molecule has 408 valence electrons. The van der Waals surface area contributed by atoms with Gasteiger partial charge in [-0.05, 0) is 63.4 Å². The van der Waals surface area contributed by atoms with Gasteiger partial charge >= 0.3 is 33.3 Å². The van der Waals surface area contributed by atoms with Gasteiger partial charge in [-0.15, -0.1) is 0 Å². The van der Waals surface area contributed by atoms with E-state index >= 15 is 0 Å². The molecule has 10 atom stereocenters. The minimum atomic E-state index is -5.44. The highest BCUT2D eigenvalue weighted by Crippen LogP contribution is 2.60. The summed E-state index contributed by atoms with van der Waals surface area (Å²) in [5, 5.41) is 20.9. The zero-order chi connectivity index (χ0) is 52.6. The minimum absolute atomic E-state index is 0.0797. The van der Waals surface area contributed by atoms with E-state index in [1.807, 2.05) is 24.3 Å². The highest BCUT2D eigenvalue weighted by Gasteiger charge is 2.46. The van der Waals surface area contributed by atoms with Gasteiger partial charge in [0.1, 0.15) is 30.7 Å². The molecule has 2 fully saturated rings. The number of anilines is 1. The number of allylic oxidation sites excluding steroid dienone is 8. The van der Waals surface area contributed by atoms with Gasteiger partial charge in [-0.1, -0.05) is 152 Å². The van der Waals surface area contributed by atoms with Crippen LogP contribution in [0.3, 0.4) is 0 Å². The van der Waals surface area contributed by atoms with E-state index in [0.717, 1.165) is 74.5 Å². The normalized spacial score (nSPS) is 22.8. The third kappa shape index (κ3) is 27.6. The number of aromatic nitrogens is 2. The number of nitrogens with two attached hydrogens (primary N) is 1. The lowest BCUT2D eigenvalue weighted by molar-refractivity contribution is -0.161. The molecule has 0 spiro atoms. The van der Waals surface area contributed by atoms with Gasteiger partial charge in [0.2, 0.25) is 0 Å². The smallest absolute Gasteiger partial charge is 0.462 e. The average molecular weight is 1060 g/mol. The Morgan fingerprint density at radius 1 is 0.736 bits per heavy atom. The summed E-state index contributed by atoms with van der Waals surface area (Å²) in [6.45, 7) is 4.28. The van der Waals surface area contributed by atoms with Crippen molar-refractivity contribution in [3.05, 3.63) is 83.5 Å². The summed E-state index contributed by atoms with van der Waals surface area (Å²) in [6, 6.07) is 1.24. The van der Waals surface area contributed by atoms with Crippen molar-refractivity contribution in [1.82, 2.24) is 9.55 Å². The largest absolute Gasteiger partial charge is 0.481 e. The van der Waals surface area contributed by atoms with Gasteiger partial charge in [-0.25, -0.2) is 13.9 Å². The number of rotatable bonds is 40. The molecule has 3 heterocycles. The fraction of sp³-hybridized carbons (Fsp3) is 0.686. The summed E-state index contributed by atoms with van der Waals surface area (Å²) in [5.41, 5.74) is 4.58. The van der Waals surface area contributed by atoms with Crippen molar-refractivity contribution in [1.29, 1.82) is 0 Å². The summed E-state index contributed by atoms with van der Waals surface area (Å²) in [6.07, 6.45) is 33.6. The van der Waals surface area contributed by atoms with Gasteiger partial charge in [-0.3, -0.25) is 23.2 Å². The molecule has 1 aromatic rings. The van der Waals surface area contributed by atoms with E-state index in [2.05, 4.69) is 66.5 Å². The molecule has 72 heavy (non-hydrogen) atoms.